The van der Waals surface area contributed by atoms with E-state index in [1.54, 1.807) is 0 Å². The first-order chi connectivity index (χ1) is 8.24. The molecule has 0 aliphatic carbocycles. The molecule has 94 valence electrons. The van der Waals surface area contributed by atoms with E-state index in [1.165, 1.54) is 0 Å². The molecule has 1 aliphatic heterocycles. The van der Waals surface area contributed by atoms with Crippen LogP contribution >= 0.6 is 15.9 Å². The highest BCUT2D eigenvalue weighted by atomic mass is 79.9. The third-order valence-electron chi connectivity index (χ3n) is 3.31. The monoisotopic (exact) mass is 299 g/mol. The van der Waals surface area contributed by atoms with Gasteiger partial charge >= 0.3 is 0 Å². The van der Waals surface area contributed by atoms with Crippen molar-refractivity contribution >= 4 is 21.6 Å². The van der Waals surface area contributed by atoms with Crippen molar-refractivity contribution in [1.29, 1.82) is 0 Å². The molecule has 0 radical (unpaired) electrons. The summed E-state index contributed by atoms with van der Waals surface area (Å²) in [5, 5.41) is 18.3. The Hall–Kier alpha value is -0.580. The van der Waals surface area contributed by atoms with Crippen LogP contribution in [0.15, 0.2) is 22.7 Å². The van der Waals surface area contributed by atoms with Crippen LogP contribution in [0.3, 0.4) is 0 Å². The van der Waals surface area contributed by atoms with E-state index in [0.29, 0.717) is 5.92 Å². The predicted octanol–water partition coefficient (Wildman–Crippen LogP) is 2.15. The lowest BCUT2D eigenvalue weighted by atomic mass is 9.98. The van der Waals surface area contributed by atoms with Crippen LogP contribution in [-0.4, -0.2) is 29.9 Å². The van der Waals surface area contributed by atoms with Crippen molar-refractivity contribution in [2.75, 3.05) is 24.6 Å². The minimum Gasteiger partial charge on any atom is -0.396 e. The van der Waals surface area contributed by atoms with Crippen molar-refractivity contribution in [3.05, 3.63) is 28.2 Å². The summed E-state index contributed by atoms with van der Waals surface area (Å²) in [5.41, 5.74) is 2.07. The number of nitrogens with zero attached hydrogens (tertiary/aromatic N) is 1. The molecule has 1 atom stereocenters. The standard InChI is InChI=1S/C13H18BrNO2/c14-12-6-10(8-16)3-4-13(12)15-5-1-2-11(7-15)9-17/h3-4,6,11,16-17H,1-2,5,7-9H2. The average molecular weight is 300 g/mol. The van der Waals surface area contributed by atoms with Crippen LogP contribution in [0.5, 0.6) is 0 Å². The molecule has 1 aromatic carbocycles. The summed E-state index contributed by atoms with van der Waals surface area (Å²) in [4.78, 5) is 2.30. The number of anilines is 1. The molecule has 1 aromatic rings. The second kappa shape index (κ2) is 5.85. The Morgan fingerprint density at radius 1 is 1.35 bits per heavy atom. The molecule has 0 spiro atoms. The fourth-order valence-electron chi connectivity index (χ4n) is 2.34. The van der Waals surface area contributed by atoms with Crippen molar-refractivity contribution in [2.24, 2.45) is 5.92 Å². The van der Waals surface area contributed by atoms with Gasteiger partial charge in [0.1, 0.15) is 0 Å². The Kier molecular flexibility index (Phi) is 4.42. The molecule has 0 amide bonds. The normalized spacial score (nSPS) is 20.6. The van der Waals surface area contributed by atoms with E-state index in [4.69, 9.17) is 5.11 Å². The number of halogens is 1. The number of hydrogen-bond acceptors (Lipinski definition) is 3. The van der Waals surface area contributed by atoms with Crippen LogP contribution in [0.1, 0.15) is 18.4 Å². The summed E-state index contributed by atoms with van der Waals surface area (Å²) >= 11 is 3.55. The van der Waals surface area contributed by atoms with Gasteiger partial charge in [-0.05, 0) is 52.4 Å². The van der Waals surface area contributed by atoms with Gasteiger partial charge in [-0.1, -0.05) is 6.07 Å². The molecule has 1 aliphatic rings. The quantitative estimate of drug-likeness (QED) is 0.899. The van der Waals surface area contributed by atoms with Gasteiger partial charge in [-0.3, -0.25) is 0 Å². The number of benzene rings is 1. The van der Waals surface area contributed by atoms with E-state index >= 15 is 0 Å². The van der Waals surface area contributed by atoms with Crippen LogP contribution in [0.25, 0.3) is 0 Å². The van der Waals surface area contributed by atoms with E-state index in [0.717, 1.165) is 41.7 Å². The van der Waals surface area contributed by atoms with E-state index in [9.17, 15) is 5.11 Å². The molecule has 1 saturated heterocycles. The van der Waals surface area contributed by atoms with Crippen LogP contribution in [0.4, 0.5) is 5.69 Å². The van der Waals surface area contributed by atoms with E-state index in [-0.39, 0.29) is 13.2 Å². The van der Waals surface area contributed by atoms with E-state index in [1.807, 2.05) is 18.2 Å². The number of hydrogen-bond donors (Lipinski definition) is 2. The topological polar surface area (TPSA) is 43.7 Å². The van der Waals surface area contributed by atoms with Gasteiger partial charge in [-0.2, -0.15) is 0 Å². The molecule has 2 rings (SSSR count). The maximum atomic E-state index is 9.24. The highest BCUT2D eigenvalue weighted by molar-refractivity contribution is 9.10. The molecular formula is C13H18BrNO2. The summed E-state index contributed by atoms with van der Waals surface area (Å²) in [7, 11) is 0. The van der Waals surface area contributed by atoms with Gasteiger partial charge in [0.2, 0.25) is 0 Å². The van der Waals surface area contributed by atoms with Gasteiger partial charge < -0.3 is 15.1 Å². The zero-order chi connectivity index (χ0) is 12.3. The van der Waals surface area contributed by atoms with Crippen LogP contribution < -0.4 is 4.90 Å². The average Bonchev–Trinajstić information content (AvgIpc) is 2.38. The van der Waals surface area contributed by atoms with Gasteiger partial charge in [0.05, 0.1) is 12.3 Å². The van der Waals surface area contributed by atoms with Crippen molar-refractivity contribution in [3.8, 4) is 0 Å². The first-order valence-corrected chi connectivity index (χ1v) is 6.79. The van der Waals surface area contributed by atoms with Crippen molar-refractivity contribution in [2.45, 2.75) is 19.4 Å². The van der Waals surface area contributed by atoms with Crippen molar-refractivity contribution in [1.82, 2.24) is 0 Å². The molecule has 4 heteroatoms. The van der Waals surface area contributed by atoms with Gasteiger partial charge in [0.25, 0.3) is 0 Å². The highest BCUT2D eigenvalue weighted by Crippen LogP contribution is 2.30. The van der Waals surface area contributed by atoms with E-state index in [2.05, 4.69) is 20.8 Å². The molecule has 17 heavy (non-hydrogen) atoms. The minimum atomic E-state index is 0.0676. The number of piperidine rings is 1. The predicted molar refractivity (Wildman–Crippen MR) is 72.1 cm³/mol. The number of rotatable bonds is 3. The minimum absolute atomic E-state index is 0.0676. The van der Waals surface area contributed by atoms with Crippen molar-refractivity contribution in [3.63, 3.8) is 0 Å². The summed E-state index contributed by atoms with van der Waals surface area (Å²) in [5.74, 6) is 0.383. The smallest absolute Gasteiger partial charge is 0.0682 e. The first kappa shape index (κ1) is 12.9. The zero-order valence-electron chi connectivity index (χ0n) is 9.77. The van der Waals surface area contributed by atoms with Gasteiger partial charge in [0.15, 0.2) is 0 Å². The summed E-state index contributed by atoms with van der Waals surface area (Å²) in [6, 6.07) is 5.94. The zero-order valence-corrected chi connectivity index (χ0v) is 11.4. The summed E-state index contributed by atoms with van der Waals surface area (Å²) in [6.45, 7) is 2.28. The summed E-state index contributed by atoms with van der Waals surface area (Å²) in [6.07, 6.45) is 2.23. The van der Waals surface area contributed by atoms with Crippen LogP contribution in [0.2, 0.25) is 0 Å². The number of aliphatic hydroxyl groups excluding tert-OH is 2. The molecule has 0 aromatic heterocycles. The molecule has 2 N–H and O–H groups in total. The van der Waals surface area contributed by atoms with Gasteiger partial charge in [-0.15, -0.1) is 0 Å². The fraction of sp³-hybridized carbons (Fsp3) is 0.538. The Balaban J connectivity index is 2.16. The van der Waals surface area contributed by atoms with Crippen LogP contribution in [-0.2, 0) is 6.61 Å². The second-order valence-electron chi connectivity index (χ2n) is 4.58. The largest absolute Gasteiger partial charge is 0.396 e. The second-order valence-corrected chi connectivity index (χ2v) is 5.44. The lowest BCUT2D eigenvalue weighted by molar-refractivity contribution is 0.208. The molecule has 0 bridgehead atoms. The summed E-state index contributed by atoms with van der Waals surface area (Å²) < 4.78 is 1.02. The third-order valence-corrected chi connectivity index (χ3v) is 3.95. The molecule has 0 saturated carbocycles. The lowest BCUT2D eigenvalue weighted by Gasteiger charge is -2.34. The first-order valence-electron chi connectivity index (χ1n) is 5.99. The molecular weight excluding hydrogens is 282 g/mol. The number of aliphatic hydroxyl groups is 2. The maximum absolute atomic E-state index is 9.24. The molecule has 1 heterocycles. The lowest BCUT2D eigenvalue weighted by Crippen LogP contribution is -2.36. The Morgan fingerprint density at radius 3 is 2.82 bits per heavy atom. The van der Waals surface area contributed by atoms with Gasteiger partial charge in [0, 0.05) is 24.2 Å². The Labute approximate surface area is 110 Å². The van der Waals surface area contributed by atoms with Gasteiger partial charge in [-0.25, -0.2) is 0 Å². The SMILES string of the molecule is OCc1ccc(N2CCCC(CO)C2)c(Br)c1. The Morgan fingerprint density at radius 2 is 2.18 bits per heavy atom. The van der Waals surface area contributed by atoms with E-state index < -0.39 is 0 Å². The third kappa shape index (κ3) is 3.00. The van der Waals surface area contributed by atoms with Crippen LogP contribution in [0, 0.1) is 5.92 Å². The highest BCUT2D eigenvalue weighted by Gasteiger charge is 2.20. The molecule has 3 nitrogen and oxygen atoms in total. The van der Waals surface area contributed by atoms with Crippen molar-refractivity contribution < 1.29 is 10.2 Å². The Bertz CT molecular complexity index is 384. The molecule has 1 unspecified atom stereocenters. The molecule has 1 fully saturated rings. The fourth-order valence-corrected chi connectivity index (χ4v) is 3.02. The maximum Gasteiger partial charge on any atom is 0.0682 e.